The lowest BCUT2D eigenvalue weighted by atomic mass is 9.85. The van der Waals surface area contributed by atoms with E-state index in [9.17, 15) is 9.90 Å². The monoisotopic (exact) mass is 346 g/mol. The Bertz CT molecular complexity index is 578. The van der Waals surface area contributed by atoms with E-state index in [1.54, 1.807) is 0 Å². The maximum Gasteiger partial charge on any atom is 0.315 e. The van der Waals surface area contributed by atoms with Gasteiger partial charge in [-0.05, 0) is 48.6 Å². The van der Waals surface area contributed by atoms with Crippen molar-refractivity contribution in [1.82, 2.24) is 10.6 Å². The first-order chi connectivity index (χ1) is 12.2. The lowest BCUT2D eigenvalue weighted by Gasteiger charge is -2.30. The van der Waals surface area contributed by atoms with Gasteiger partial charge in [-0.15, -0.1) is 0 Å². The summed E-state index contributed by atoms with van der Waals surface area (Å²) in [5.74, 6) is 1.33. The van der Waals surface area contributed by atoms with Crippen LogP contribution in [0.1, 0.15) is 43.7 Å². The Labute approximate surface area is 150 Å². The summed E-state index contributed by atoms with van der Waals surface area (Å²) in [4.78, 5) is 12.3. The highest BCUT2D eigenvalue weighted by atomic mass is 16.5. The maximum absolute atomic E-state index is 12.3. The standard InChI is InChI=1S/C20H30N2O3/c1-2-9-25-13-17-6-4-3-5-16(17)11-21-20(24)22-19-15-8-7-14(10-15)18(19)12-23/h3-6,14-15,18-19,23H,2,7-13H2,1H3,(H2,21,22,24). The van der Waals surface area contributed by atoms with Crippen LogP contribution in [0.5, 0.6) is 0 Å². The second kappa shape index (κ2) is 8.68. The Morgan fingerprint density at radius 2 is 2.00 bits per heavy atom. The van der Waals surface area contributed by atoms with Crippen LogP contribution in [0.15, 0.2) is 24.3 Å². The molecule has 1 aromatic carbocycles. The zero-order valence-electron chi connectivity index (χ0n) is 15.0. The number of benzene rings is 1. The van der Waals surface area contributed by atoms with Crippen molar-refractivity contribution >= 4 is 6.03 Å². The van der Waals surface area contributed by atoms with Gasteiger partial charge in [0.2, 0.25) is 0 Å². The van der Waals surface area contributed by atoms with Crippen LogP contribution >= 0.6 is 0 Å². The highest BCUT2D eigenvalue weighted by Gasteiger charge is 2.47. The van der Waals surface area contributed by atoms with Gasteiger partial charge in [-0.3, -0.25) is 0 Å². The molecule has 25 heavy (non-hydrogen) atoms. The largest absolute Gasteiger partial charge is 0.396 e. The fourth-order valence-corrected chi connectivity index (χ4v) is 4.47. The summed E-state index contributed by atoms with van der Waals surface area (Å²) in [5.41, 5.74) is 2.20. The molecule has 2 amide bonds. The van der Waals surface area contributed by atoms with E-state index in [0.29, 0.717) is 25.0 Å². The molecule has 2 fully saturated rings. The number of ether oxygens (including phenoxy) is 1. The molecule has 0 aliphatic heterocycles. The van der Waals surface area contributed by atoms with Gasteiger partial charge in [0.25, 0.3) is 0 Å². The van der Waals surface area contributed by atoms with E-state index < -0.39 is 0 Å². The fourth-order valence-electron chi connectivity index (χ4n) is 4.47. The SMILES string of the molecule is CCCOCc1ccccc1CNC(=O)NC1C2CCC(C2)C1CO. The molecule has 138 valence electrons. The molecule has 2 bridgehead atoms. The third-order valence-corrected chi connectivity index (χ3v) is 5.76. The smallest absolute Gasteiger partial charge is 0.315 e. The molecule has 5 nitrogen and oxygen atoms in total. The highest BCUT2D eigenvalue weighted by Crippen LogP contribution is 2.48. The van der Waals surface area contributed by atoms with E-state index in [1.165, 1.54) is 12.8 Å². The van der Waals surface area contributed by atoms with E-state index in [1.807, 2.05) is 24.3 Å². The lowest BCUT2D eigenvalue weighted by Crippen LogP contribution is -2.48. The van der Waals surface area contributed by atoms with Gasteiger partial charge in [0.05, 0.1) is 6.61 Å². The first-order valence-electron chi connectivity index (χ1n) is 9.52. The van der Waals surface area contributed by atoms with Gasteiger partial charge in [-0.2, -0.15) is 0 Å². The molecule has 0 heterocycles. The Hall–Kier alpha value is -1.59. The van der Waals surface area contributed by atoms with Crippen molar-refractivity contribution in [3.05, 3.63) is 35.4 Å². The lowest BCUT2D eigenvalue weighted by molar-refractivity contribution is 0.121. The number of aliphatic hydroxyl groups excluding tert-OH is 1. The van der Waals surface area contributed by atoms with Crippen LogP contribution in [0.4, 0.5) is 4.79 Å². The van der Waals surface area contributed by atoms with Crippen LogP contribution < -0.4 is 10.6 Å². The Morgan fingerprint density at radius 1 is 1.24 bits per heavy atom. The summed E-state index contributed by atoms with van der Waals surface area (Å²) in [6.45, 7) is 4.07. The number of hydrogen-bond donors (Lipinski definition) is 3. The highest BCUT2D eigenvalue weighted by molar-refractivity contribution is 5.74. The van der Waals surface area contributed by atoms with Gasteiger partial charge >= 0.3 is 6.03 Å². The summed E-state index contributed by atoms with van der Waals surface area (Å²) in [6, 6.07) is 8.03. The van der Waals surface area contributed by atoms with Gasteiger partial charge in [0, 0.05) is 31.7 Å². The third-order valence-electron chi connectivity index (χ3n) is 5.76. The Balaban J connectivity index is 1.51. The molecule has 3 N–H and O–H groups in total. The van der Waals surface area contributed by atoms with Crippen molar-refractivity contribution in [2.75, 3.05) is 13.2 Å². The van der Waals surface area contributed by atoms with Crippen LogP contribution in [0.25, 0.3) is 0 Å². The van der Waals surface area contributed by atoms with Gasteiger partial charge < -0.3 is 20.5 Å². The van der Waals surface area contributed by atoms with E-state index in [2.05, 4.69) is 17.6 Å². The average molecular weight is 346 g/mol. The van der Waals surface area contributed by atoms with Gasteiger partial charge in [0.15, 0.2) is 0 Å². The zero-order chi connectivity index (χ0) is 17.6. The predicted octanol–water partition coefficient (Wildman–Crippen LogP) is 2.82. The van der Waals surface area contributed by atoms with Crippen molar-refractivity contribution in [3.63, 3.8) is 0 Å². The molecule has 0 saturated heterocycles. The number of fused-ring (bicyclic) bond motifs is 2. The summed E-state index contributed by atoms with van der Waals surface area (Å²) < 4.78 is 5.63. The molecular weight excluding hydrogens is 316 g/mol. The van der Waals surface area contributed by atoms with Crippen LogP contribution in [-0.4, -0.2) is 30.4 Å². The number of urea groups is 1. The first-order valence-corrected chi connectivity index (χ1v) is 9.52. The normalized spacial score (nSPS) is 27.4. The van der Waals surface area contributed by atoms with Gasteiger partial charge in [0.1, 0.15) is 0 Å². The summed E-state index contributed by atoms with van der Waals surface area (Å²) >= 11 is 0. The van der Waals surface area contributed by atoms with Crippen molar-refractivity contribution < 1.29 is 14.6 Å². The van der Waals surface area contributed by atoms with E-state index in [-0.39, 0.29) is 24.6 Å². The Morgan fingerprint density at radius 3 is 2.76 bits per heavy atom. The minimum atomic E-state index is -0.139. The number of rotatable bonds is 8. The van der Waals surface area contributed by atoms with Crippen molar-refractivity contribution in [1.29, 1.82) is 0 Å². The number of carbonyl (C=O) groups excluding carboxylic acids is 1. The number of carbonyl (C=O) groups is 1. The molecule has 2 aliphatic rings. The second-order valence-corrected chi connectivity index (χ2v) is 7.35. The van der Waals surface area contributed by atoms with E-state index in [4.69, 9.17) is 4.74 Å². The molecular formula is C20H30N2O3. The number of aliphatic hydroxyl groups is 1. The molecule has 0 aromatic heterocycles. The predicted molar refractivity (Wildman–Crippen MR) is 97.0 cm³/mol. The molecule has 2 aliphatic carbocycles. The molecule has 5 heteroatoms. The van der Waals surface area contributed by atoms with Crippen LogP contribution in [0.2, 0.25) is 0 Å². The molecule has 3 rings (SSSR count). The average Bonchev–Trinajstić information content (AvgIpc) is 3.22. The summed E-state index contributed by atoms with van der Waals surface area (Å²) in [5, 5.41) is 15.7. The van der Waals surface area contributed by atoms with Crippen LogP contribution in [0.3, 0.4) is 0 Å². The van der Waals surface area contributed by atoms with Gasteiger partial charge in [-0.25, -0.2) is 4.79 Å². The van der Waals surface area contributed by atoms with Crippen LogP contribution in [0, 0.1) is 17.8 Å². The molecule has 1 aromatic rings. The minimum absolute atomic E-state index is 0.117. The molecule has 4 atom stereocenters. The number of nitrogens with one attached hydrogen (secondary N) is 2. The summed E-state index contributed by atoms with van der Waals surface area (Å²) in [6.07, 6.45) is 4.51. The van der Waals surface area contributed by atoms with Crippen molar-refractivity contribution in [3.8, 4) is 0 Å². The molecule has 0 radical (unpaired) electrons. The number of hydrogen-bond acceptors (Lipinski definition) is 3. The quantitative estimate of drug-likeness (QED) is 0.634. The van der Waals surface area contributed by atoms with Crippen molar-refractivity contribution in [2.45, 2.75) is 51.8 Å². The fraction of sp³-hybridized carbons (Fsp3) is 0.650. The topological polar surface area (TPSA) is 70.6 Å². The Kier molecular flexibility index (Phi) is 6.32. The first kappa shape index (κ1) is 18.2. The third kappa shape index (κ3) is 4.33. The number of amides is 2. The second-order valence-electron chi connectivity index (χ2n) is 7.35. The zero-order valence-corrected chi connectivity index (χ0v) is 15.0. The van der Waals surface area contributed by atoms with Crippen molar-refractivity contribution in [2.24, 2.45) is 17.8 Å². The molecule has 0 spiro atoms. The van der Waals surface area contributed by atoms with E-state index >= 15 is 0 Å². The van der Waals surface area contributed by atoms with Crippen LogP contribution in [-0.2, 0) is 17.9 Å². The minimum Gasteiger partial charge on any atom is -0.396 e. The van der Waals surface area contributed by atoms with E-state index in [0.717, 1.165) is 30.6 Å². The van der Waals surface area contributed by atoms with Gasteiger partial charge in [-0.1, -0.05) is 31.2 Å². The summed E-state index contributed by atoms with van der Waals surface area (Å²) in [7, 11) is 0. The molecule has 4 unspecified atom stereocenters. The molecule has 2 saturated carbocycles. The maximum atomic E-state index is 12.3.